The van der Waals surface area contributed by atoms with Crippen molar-refractivity contribution in [1.29, 1.82) is 0 Å². The Balaban J connectivity index is 1.47. The number of pyridine rings is 1. The van der Waals surface area contributed by atoms with Crippen LogP contribution in [0.1, 0.15) is 18.4 Å². The third-order valence-corrected chi connectivity index (χ3v) is 6.48. The second kappa shape index (κ2) is 7.19. The van der Waals surface area contributed by atoms with Gasteiger partial charge in [0.2, 0.25) is 0 Å². The number of benzene rings is 2. The van der Waals surface area contributed by atoms with Crippen LogP contribution in [0, 0.1) is 5.82 Å². The Bertz CT molecular complexity index is 1240. The summed E-state index contributed by atoms with van der Waals surface area (Å²) >= 11 is -0.276. The van der Waals surface area contributed by atoms with Crippen molar-refractivity contribution in [1.82, 2.24) is 9.88 Å². The molecular formula is C22H15F4N3O2S. The number of fused-ring (bicyclic) bond motifs is 1. The molecule has 3 amide bonds. The first kappa shape index (κ1) is 20.7. The van der Waals surface area contributed by atoms with E-state index >= 15 is 0 Å². The highest BCUT2D eigenvalue weighted by Crippen LogP contribution is 2.50. The Morgan fingerprint density at radius 3 is 2.38 bits per heavy atom. The zero-order valence-electron chi connectivity index (χ0n) is 16.4. The lowest BCUT2D eigenvalue weighted by molar-refractivity contribution is -0.120. The molecule has 2 aromatic carbocycles. The molecule has 5 nitrogen and oxygen atoms in total. The molecule has 1 aromatic heterocycles. The van der Waals surface area contributed by atoms with Crippen molar-refractivity contribution >= 4 is 40.3 Å². The minimum absolute atomic E-state index is 0.0522. The molecule has 1 aliphatic carbocycles. The standard InChI is InChI=1S/C22H15F4N3O2S/c23-17-11-27-18-4-2-1-3-15(18)16(17)12-28-20(31)29(19(30)21(28)9-10-21)13-5-7-14(8-6-13)32-22(24,25)26/h1-8,11H,9-10,12H2. The van der Waals surface area contributed by atoms with Gasteiger partial charge in [0, 0.05) is 15.8 Å². The van der Waals surface area contributed by atoms with Crippen molar-refractivity contribution in [3.8, 4) is 0 Å². The average Bonchev–Trinajstić information content (AvgIpc) is 3.51. The molecule has 5 rings (SSSR count). The highest BCUT2D eigenvalue weighted by molar-refractivity contribution is 8.00. The van der Waals surface area contributed by atoms with Crippen molar-refractivity contribution in [3.05, 3.63) is 66.1 Å². The van der Waals surface area contributed by atoms with Crippen LogP contribution in [0.5, 0.6) is 0 Å². The molecule has 1 aliphatic heterocycles. The average molecular weight is 461 g/mol. The lowest BCUT2D eigenvalue weighted by Crippen LogP contribution is -2.36. The fraction of sp³-hybridized carbons (Fsp3) is 0.227. The van der Waals surface area contributed by atoms with Gasteiger partial charge in [-0.3, -0.25) is 9.78 Å². The van der Waals surface area contributed by atoms with Gasteiger partial charge in [0.05, 0.1) is 23.9 Å². The number of halogens is 4. The summed E-state index contributed by atoms with van der Waals surface area (Å²) in [6.07, 6.45) is 1.98. The Morgan fingerprint density at radius 1 is 1.03 bits per heavy atom. The molecule has 0 N–H and O–H groups in total. The van der Waals surface area contributed by atoms with E-state index in [2.05, 4.69) is 4.98 Å². The molecule has 2 fully saturated rings. The van der Waals surface area contributed by atoms with Crippen LogP contribution in [0.2, 0.25) is 0 Å². The van der Waals surface area contributed by atoms with Crippen molar-refractivity contribution in [3.63, 3.8) is 0 Å². The summed E-state index contributed by atoms with van der Waals surface area (Å²) in [7, 11) is 0. The van der Waals surface area contributed by atoms with Gasteiger partial charge in [0.15, 0.2) is 0 Å². The number of amides is 3. The molecule has 0 bridgehead atoms. The Hall–Kier alpha value is -3.14. The Labute approximate surface area is 184 Å². The Kier molecular flexibility index (Phi) is 4.66. The van der Waals surface area contributed by atoms with Crippen LogP contribution in [0.3, 0.4) is 0 Å². The first-order valence-electron chi connectivity index (χ1n) is 9.74. The van der Waals surface area contributed by atoms with Crippen molar-refractivity contribution in [2.45, 2.75) is 35.3 Å². The van der Waals surface area contributed by atoms with Crippen molar-refractivity contribution < 1.29 is 27.2 Å². The van der Waals surface area contributed by atoms with Gasteiger partial charge in [0.25, 0.3) is 5.91 Å². The number of carbonyl (C=O) groups is 2. The van der Waals surface area contributed by atoms with Crippen LogP contribution >= 0.6 is 11.8 Å². The van der Waals surface area contributed by atoms with Crippen molar-refractivity contribution in [2.24, 2.45) is 0 Å². The van der Waals surface area contributed by atoms with E-state index in [0.717, 1.165) is 11.1 Å². The highest BCUT2D eigenvalue weighted by atomic mass is 32.2. The fourth-order valence-electron chi connectivity index (χ4n) is 4.05. The number of urea groups is 1. The third kappa shape index (κ3) is 3.38. The summed E-state index contributed by atoms with van der Waals surface area (Å²) in [5.41, 5.74) is -4.47. The van der Waals surface area contributed by atoms with E-state index < -0.39 is 28.8 Å². The van der Waals surface area contributed by atoms with Crippen LogP contribution < -0.4 is 4.90 Å². The molecule has 164 valence electrons. The summed E-state index contributed by atoms with van der Waals surface area (Å²) < 4.78 is 52.4. The number of anilines is 1. The maximum absolute atomic E-state index is 14.7. The number of imide groups is 1. The first-order chi connectivity index (χ1) is 15.2. The molecule has 10 heteroatoms. The number of hydrogen-bond acceptors (Lipinski definition) is 4. The van der Waals surface area contributed by atoms with Gasteiger partial charge in [-0.25, -0.2) is 14.1 Å². The lowest BCUT2D eigenvalue weighted by Gasteiger charge is -2.22. The van der Waals surface area contributed by atoms with Gasteiger partial charge in [-0.15, -0.1) is 0 Å². The highest BCUT2D eigenvalue weighted by Gasteiger charge is 2.65. The smallest absolute Gasteiger partial charge is 0.305 e. The zero-order valence-corrected chi connectivity index (χ0v) is 17.2. The number of carbonyl (C=O) groups excluding carboxylic acids is 2. The van der Waals surface area contributed by atoms with Gasteiger partial charge < -0.3 is 4.90 Å². The van der Waals surface area contributed by atoms with Crippen LogP contribution in [0.25, 0.3) is 10.9 Å². The summed E-state index contributed by atoms with van der Waals surface area (Å²) in [5, 5.41) is 0.551. The van der Waals surface area contributed by atoms with Crippen LogP contribution in [-0.4, -0.2) is 32.9 Å². The lowest BCUT2D eigenvalue weighted by atomic mass is 10.1. The predicted octanol–water partition coefficient (Wildman–Crippen LogP) is 5.49. The van der Waals surface area contributed by atoms with E-state index in [-0.39, 0.29) is 34.5 Å². The third-order valence-electron chi connectivity index (χ3n) is 5.74. The normalized spacial score (nSPS) is 17.6. The summed E-state index contributed by atoms with van der Waals surface area (Å²) in [6.45, 7) is -0.113. The molecule has 2 heterocycles. The monoisotopic (exact) mass is 461 g/mol. The van der Waals surface area contributed by atoms with E-state index in [1.807, 2.05) is 0 Å². The van der Waals surface area contributed by atoms with Crippen molar-refractivity contribution in [2.75, 3.05) is 4.90 Å². The molecule has 32 heavy (non-hydrogen) atoms. The maximum Gasteiger partial charge on any atom is 0.446 e. The molecule has 1 saturated heterocycles. The molecule has 1 saturated carbocycles. The number of para-hydroxylation sites is 1. The van der Waals surface area contributed by atoms with Gasteiger partial charge >= 0.3 is 11.5 Å². The largest absolute Gasteiger partial charge is 0.446 e. The van der Waals surface area contributed by atoms with Gasteiger partial charge in [-0.05, 0) is 54.9 Å². The number of hydrogen-bond donors (Lipinski definition) is 0. The number of nitrogens with zero attached hydrogens (tertiary/aromatic N) is 3. The second-order valence-corrected chi connectivity index (χ2v) is 8.82. The molecule has 1 spiro atoms. The first-order valence-corrected chi connectivity index (χ1v) is 10.6. The van der Waals surface area contributed by atoms with Gasteiger partial charge in [0.1, 0.15) is 11.4 Å². The second-order valence-electron chi connectivity index (χ2n) is 7.68. The van der Waals surface area contributed by atoms with Gasteiger partial charge in [-0.1, -0.05) is 18.2 Å². The zero-order chi connectivity index (χ0) is 22.7. The number of thioether (sulfide) groups is 1. The topological polar surface area (TPSA) is 53.5 Å². The summed E-state index contributed by atoms with van der Waals surface area (Å²) in [4.78, 5) is 32.7. The number of rotatable bonds is 4. The minimum Gasteiger partial charge on any atom is -0.305 e. The fourth-order valence-corrected chi connectivity index (χ4v) is 4.59. The SMILES string of the molecule is O=C1N(c2ccc(SC(F)(F)F)cc2)C(=O)C2(CC2)N1Cc1c(F)cnc2ccccc12. The summed E-state index contributed by atoms with van der Waals surface area (Å²) in [6, 6.07) is 11.4. The quantitative estimate of drug-likeness (QED) is 0.293. The molecule has 3 aromatic rings. The number of aromatic nitrogens is 1. The van der Waals surface area contributed by atoms with Gasteiger partial charge in [-0.2, -0.15) is 13.2 Å². The number of alkyl halides is 3. The molecule has 0 atom stereocenters. The molecule has 0 radical (unpaired) electrons. The Morgan fingerprint density at radius 2 is 1.72 bits per heavy atom. The molecule has 2 aliphatic rings. The molecule has 0 unspecified atom stereocenters. The molecular weight excluding hydrogens is 446 g/mol. The van der Waals surface area contributed by atoms with E-state index in [1.54, 1.807) is 24.3 Å². The van der Waals surface area contributed by atoms with E-state index in [0.29, 0.717) is 23.7 Å². The van der Waals surface area contributed by atoms with E-state index in [9.17, 15) is 27.2 Å². The van der Waals surface area contributed by atoms with Crippen LogP contribution in [0.15, 0.2) is 59.6 Å². The predicted molar refractivity (Wildman–Crippen MR) is 110 cm³/mol. The minimum atomic E-state index is -4.44. The summed E-state index contributed by atoms with van der Waals surface area (Å²) in [5.74, 6) is -1.02. The van der Waals surface area contributed by atoms with Crippen LogP contribution in [0.4, 0.5) is 28.0 Å². The van der Waals surface area contributed by atoms with Crippen LogP contribution in [-0.2, 0) is 11.3 Å². The van der Waals surface area contributed by atoms with E-state index in [1.165, 1.54) is 29.2 Å². The maximum atomic E-state index is 14.7. The van der Waals surface area contributed by atoms with E-state index in [4.69, 9.17) is 0 Å².